The molecule has 0 spiro atoms. The highest BCUT2D eigenvalue weighted by Gasteiger charge is 2.32. The van der Waals surface area contributed by atoms with Gasteiger partial charge in [-0.2, -0.15) is 0 Å². The molecule has 0 bridgehead atoms. The molecule has 1 unspecified atom stereocenters. The first-order chi connectivity index (χ1) is 10.8. The number of likely N-dealkylation sites (tertiary alicyclic amines) is 1. The number of ether oxygens (including phenoxy) is 1. The summed E-state index contributed by atoms with van der Waals surface area (Å²) in [5.41, 5.74) is 0.287. The largest absolute Gasteiger partial charge is 0.573 e. The lowest BCUT2D eigenvalue weighted by atomic mass is 10.1. The maximum atomic E-state index is 12.3. The molecule has 0 aliphatic carbocycles. The lowest BCUT2D eigenvalue weighted by Gasteiger charge is -2.14. The number of hydrogen-bond donors (Lipinski definition) is 1. The number of amides is 2. The van der Waals surface area contributed by atoms with Crippen molar-refractivity contribution in [2.45, 2.75) is 31.7 Å². The SMILES string of the molecule is CN1CCC(NC(=O)CCc2ccccc2OC(F)(F)F)C1=O. The summed E-state index contributed by atoms with van der Waals surface area (Å²) in [4.78, 5) is 25.1. The molecule has 0 radical (unpaired) electrons. The fourth-order valence-electron chi connectivity index (χ4n) is 2.41. The van der Waals surface area contributed by atoms with Gasteiger partial charge in [-0.25, -0.2) is 0 Å². The van der Waals surface area contributed by atoms with Crippen LogP contribution in [-0.2, 0) is 16.0 Å². The summed E-state index contributed by atoms with van der Waals surface area (Å²) < 4.78 is 40.9. The van der Waals surface area contributed by atoms with Gasteiger partial charge in [-0.15, -0.1) is 13.2 Å². The van der Waals surface area contributed by atoms with Crippen LogP contribution in [0.15, 0.2) is 24.3 Å². The Labute approximate surface area is 131 Å². The summed E-state index contributed by atoms with van der Waals surface area (Å²) in [6.07, 6.45) is -4.17. The number of halogens is 3. The average molecular weight is 330 g/mol. The van der Waals surface area contributed by atoms with Crippen LogP contribution in [0.3, 0.4) is 0 Å². The van der Waals surface area contributed by atoms with E-state index in [9.17, 15) is 22.8 Å². The van der Waals surface area contributed by atoms with E-state index >= 15 is 0 Å². The third-order valence-corrected chi connectivity index (χ3v) is 3.58. The number of nitrogens with one attached hydrogen (secondary N) is 1. The minimum absolute atomic E-state index is 0.0221. The molecule has 8 heteroatoms. The predicted octanol–water partition coefficient (Wildman–Crippen LogP) is 1.86. The Morgan fingerprint density at radius 3 is 2.70 bits per heavy atom. The van der Waals surface area contributed by atoms with Crippen molar-refractivity contribution >= 4 is 11.8 Å². The normalized spacial score (nSPS) is 18.2. The summed E-state index contributed by atoms with van der Waals surface area (Å²) >= 11 is 0. The van der Waals surface area contributed by atoms with Crippen LogP contribution in [0.2, 0.25) is 0 Å². The second kappa shape index (κ2) is 6.89. The fraction of sp³-hybridized carbons (Fsp3) is 0.467. The Morgan fingerprint density at radius 2 is 2.09 bits per heavy atom. The van der Waals surface area contributed by atoms with Crippen LogP contribution in [0.4, 0.5) is 13.2 Å². The first-order valence-corrected chi connectivity index (χ1v) is 7.14. The molecule has 0 aromatic heterocycles. The van der Waals surface area contributed by atoms with Gasteiger partial charge in [0.15, 0.2) is 0 Å². The molecule has 1 fully saturated rings. The van der Waals surface area contributed by atoms with Gasteiger partial charge in [0.1, 0.15) is 11.8 Å². The first-order valence-electron chi connectivity index (χ1n) is 7.14. The zero-order valence-electron chi connectivity index (χ0n) is 12.5. The van der Waals surface area contributed by atoms with Gasteiger partial charge < -0.3 is 15.0 Å². The highest BCUT2D eigenvalue weighted by Crippen LogP contribution is 2.27. The molecule has 126 valence electrons. The van der Waals surface area contributed by atoms with Gasteiger partial charge in [-0.1, -0.05) is 18.2 Å². The molecule has 23 heavy (non-hydrogen) atoms. The number of likely N-dealkylation sites (N-methyl/N-ethyl adjacent to an activating group) is 1. The Morgan fingerprint density at radius 1 is 1.39 bits per heavy atom. The van der Waals surface area contributed by atoms with E-state index in [1.165, 1.54) is 23.1 Å². The van der Waals surface area contributed by atoms with E-state index in [4.69, 9.17) is 0 Å². The van der Waals surface area contributed by atoms with Gasteiger partial charge in [-0.3, -0.25) is 9.59 Å². The highest BCUT2D eigenvalue weighted by atomic mass is 19.4. The Kier molecular flexibility index (Phi) is 5.12. The summed E-state index contributed by atoms with van der Waals surface area (Å²) in [5, 5.41) is 2.60. The minimum Gasteiger partial charge on any atom is -0.406 e. The van der Waals surface area contributed by atoms with Crippen LogP contribution < -0.4 is 10.1 Å². The number of nitrogens with zero attached hydrogens (tertiary/aromatic N) is 1. The molecule has 2 rings (SSSR count). The Bertz CT molecular complexity index is 590. The van der Waals surface area contributed by atoms with Crippen LogP contribution in [-0.4, -0.2) is 42.7 Å². The molecule has 2 amide bonds. The van der Waals surface area contributed by atoms with Crippen molar-refractivity contribution in [1.29, 1.82) is 0 Å². The van der Waals surface area contributed by atoms with Gasteiger partial charge in [0, 0.05) is 20.0 Å². The van der Waals surface area contributed by atoms with Crippen LogP contribution in [0.5, 0.6) is 5.75 Å². The van der Waals surface area contributed by atoms with Gasteiger partial charge in [0.25, 0.3) is 0 Å². The molecule has 1 atom stereocenters. The van der Waals surface area contributed by atoms with Crippen LogP contribution in [0.25, 0.3) is 0 Å². The van der Waals surface area contributed by atoms with E-state index < -0.39 is 12.4 Å². The van der Waals surface area contributed by atoms with E-state index in [0.717, 1.165) is 0 Å². The second-order valence-electron chi connectivity index (χ2n) is 5.32. The molecule has 0 saturated carbocycles. The molecule has 1 saturated heterocycles. The third-order valence-electron chi connectivity index (χ3n) is 3.58. The van der Waals surface area contributed by atoms with Gasteiger partial charge in [-0.05, 0) is 24.5 Å². The van der Waals surface area contributed by atoms with Crippen molar-refractivity contribution in [2.24, 2.45) is 0 Å². The maximum Gasteiger partial charge on any atom is 0.573 e. The quantitative estimate of drug-likeness (QED) is 0.897. The van der Waals surface area contributed by atoms with Crippen LogP contribution in [0.1, 0.15) is 18.4 Å². The summed E-state index contributed by atoms with van der Waals surface area (Å²) in [6, 6.07) is 5.14. The lowest BCUT2D eigenvalue weighted by Crippen LogP contribution is -2.40. The molecular formula is C15H17F3N2O3. The summed E-state index contributed by atoms with van der Waals surface area (Å²) in [7, 11) is 1.65. The molecule has 1 aromatic carbocycles. The molecule has 1 heterocycles. The number of carbonyl (C=O) groups excluding carboxylic acids is 2. The average Bonchev–Trinajstić information content (AvgIpc) is 2.77. The van der Waals surface area contributed by atoms with Crippen molar-refractivity contribution < 1.29 is 27.5 Å². The van der Waals surface area contributed by atoms with Gasteiger partial charge in [0.05, 0.1) is 0 Å². The van der Waals surface area contributed by atoms with Crippen molar-refractivity contribution in [2.75, 3.05) is 13.6 Å². The van der Waals surface area contributed by atoms with Crippen LogP contribution in [0, 0.1) is 0 Å². The lowest BCUT2D eigenvalue weighted by molar-refractivity contribution is -0.274. The molecule has 1 N–H and O–H groups in total. The molecule has 1 aliphatic heterocycles. The number of para-hydroxylation sites is 1. The topological polar surface area (TPSA) is 58.6 Å². The third kappa shape index (κ3) is 4.87. The Balaban J connectivity index is 1.91. The van der Waals surface area contributed by atoms with E-state index in [0.29, 0.717) is 13.0 Å². The standard InChI is InChI=1S/C15H17F3N2O3/c1-20-9-8-11(14(20)22)19-13(21)7-6-10-4-2-3-5-12(10)23-15(16,17)18/h2-5,11H,6-9H2,1H3,(H,19,21). The van der Waals surface area contributed by atoms with E-state index in [2.05, 4.69) is 10.1 Å². The van der Waals surface area contributed by atoms with Crippen molar-refractivity contribution in [3.8, 4) is 5.75 Å². The van der Waals surface area contributed by atoms with Crippen LogP contribution >= 0.6 is 0 Å². The second-order valence-corrected chi connectivity index (χ2v) is 5.32. The molecular weight excluding hydrogens is 313 g/mol. The van der Waals surface area contributed by atoms with Crippen molar-refractivity contribution in [3.05, 3.63) is 29.8 Å². The first kappa shape index (κ1) is 17.1. The summed E-state index contributed by atoms with van der Waals surface area (Å²) in [5.74, 6) is -0.843. The molecule has 1 aliphatic rings. The highest BCUT2D eigenvalue weighted by molar-refractivity contribution is 5.89. The zero-order chi connectivity index (χ0) is 17.0. The predicted molar refractivity (Wildman–Crippen MR) is 75.6 cm³/mol. The number of aryl methyl sites for hydroxylation is 1. The zero-order valence-corrected chi connectivity index (χ0v) is 12.5. The minimum atomic E-state index is -4.78. The van der Waals surface area contributed by atoms with Crippen molar-refractivity contribution in [1.82, 2.24) is 10.2 Å². The number of rotatable bonds is 5. The fourth-order valence-corrected chi connectivity index (χ4v) is 2.41. The van der Waals surface area contributed by atoms with Gasteiger partial charge >= 0.3 is 6.36 Å². The van der Waals surface area contributed by atoms with E-state index in [1.807, 2.05) is 0 Å². The monoisotopic (exact) mass is 330 g/mol. The smallest absolute Gasteiger partial charge is 0.406 e. The molecule has 5 nitrogen and oxygen atoms in total. The maximum absolute atomic E-state index is 12.3. The van der Waals surface area contributed by atoms with E-state index in [-0.39, 0.29) is 36.0 Å². The molecule has 1 aromatic rings. The Hall–Kier alpha value is -2.25. The number of hydrogen-bond acceptors (Lipinski definition) is 3. The summed E-state index contributed by atoms with van der Waals surface area (Å²) in [6.45, 7) is 0.575. The number of carbonyl (C=O) groups is 2. The van der Waals surface area contributed by atoms with E-state index in [1.54, 1.807) is 13.1 Å². The van der Waals surface area contributed by atoms with Gasteiger partial charge in [0.2, 0.25) is 11.8 Å². The number of benzene rings is 1. The number of alkyl halides is 3. The van der Waals surface area contributed by atoms with Crippen molar-refractivity contribution in [3.63, 3.8) is 0 Å².